The largest absolute Gasteiger partial charge is 0.497 e. The van der Waals surface area contributed by atoms with Gasteiger partial charge in [-0.3, -0.25) is 4.79 Å². The Hall–Kier alpha value is -2.49. The Morgan fingerprint density at radius 1 is 1.12 bits per heavy atom. The molecule has 24 heavy (non-hydrogen) atoms. The Balaban J connectivity index is 1.56. The van der Waals surface area contributed by atoms with Gasteiger partial charge in [0.1, 0.15) is 5.75 Å². The normalized spacial score (nSPS) is 15.2. The van der Waals surface area contributed by atoms with Crippen molar-refractivity contribution in [1.29, 1.82) is 0 Å². The summed E-state index contributed by atoms with van der Waals surface area (Å²) in [5.74, 6) is 0.805. The Labute approximate surface area is 143 Å². The first kappa shape index (κ1) is 16.4. The van der Waals surface area contributed by atoms with Crippen LogP contribution < -0.4 is 10.1 Å². The van der Waals surface area contributed by atoms with E-state index in [1.807, 2.05) is 23.1 Å². The Morgan fingerprint density at radius 3 is 2.50 bits per heavy atom. The molecule has 0 atom stereocenters. The van der Waals surface area contributed by atoms with Gasteiger partial charge in [-0.05, 0) is 50.1 Å². The number of hydrogen-bond donors (Lipinski definition) is 1. The molecule has 1 fully saturated rings. The second kappa shape index (κ2) is 7.39. The molecule has 0 radical (unpaired) electrons. The van der Waals surface area contributed by atoms with Crippen LogP contribution in [0.4, 0.5) is 5.69 Å². The van der Waals surface area contributed by atoms with Crippen LogP contribution >= 0.6 is 0 Å². The summed E-state index contributed by atoms with van der Waals surface area (Å²) in [6, 6.07) is 16.2. The number of amides is 1. The van der Waals surface area contributed by atoms with Crippen molar-refractivity contribution in [3.05, 3.63) is 59.7 Å². The fourth-order valence-corrected chi connectivity index (χ4v) is 3.05. The number of anilines is 1. The van der Waals surface area contributed by atoms with Gasteiger partial charge in [-0.15, -0.1) is 0 Å². The zero-order valence-corrected chi connectivity index (χ0v) is 14.3. The molecule has 126 valence electrons. The molecule has 0 aliphatic carbocycles. The first-order valence-electron chi connectivity index (χ1n) is 8.42. The Morgan fingerprint density at radius 2 is 1.83 bits per heavy atom. The summed E-state index contributed by atoms with van der Waals surface area (Å²) < 4.78 is 5.20. The molecule has 1 heterocycles. The lowest BCUT2D eigenvalue weighted by Crippen LogP contribution is -2.42. The minimum atomic E-state index is 0.0858. The molecule has 1 N–H and O–H groups in total. The first-order chi connectivity index (χ1) is 11.7. The molecule has 0 saturated carbocycles. The van der Waals surface area contributed by atoms with Crippen LogP contribution in [0.15, 0.2) is 48.5 Å². The predicted molar refractivity (Wildman–Crippen MR) is 96.7 cm³/mol. The smallest absolute Gasteiger partial charge is 0.253 e. The van der Waals surface area contributed by atoms with E-state index >= 15 is 0 Å². The van der Waals surface area contributed by atoms with Crippen LogP contribution in [-0.4, -0.2) is 37.0 Å². The number of rotatable bonds is 4. The van der Waals surface area contributed by atoms with Crippen molar-refractivity contribution in [2.24, 2.45) is 0 Å². The zero-order valence-electron chi connectivity index (χ0n) is 14.3. The summed E-state index contributed by atoms with van der Waals surface area (Å²) in [5.41, 5.74) is 3.11. The molecule has 0 unspecified atom stereocenters. The van der Waals surface area contributed by atoms with Crippen molar-refractivity contribution in [1.82, 2.24) is 4.90 Å². The topological polar surface area (TPSA) is 41.6 Å². The van der Waals surface area contributed by atoms with E-state index in [0.717, 1.165) is 37.4 Å². The average Bonchev–Trinajstić information content (AvgIpc) is 2.64. The molecule has 0 aromatic heterocycles. The van der Waals surface area contributed by atoms with Gasteiger partial charge >= 0.3 is 0 Å². The fourth-order valence-electron chi connectivity index (χ4n) is 3.05. The van der Waals surface area contributed by atoms with Crippen LogP contribution in [0, 0.1) is 6.92 Å². The summed E-state index contributed by atoms with van der Waals surface area (Å²) in [7, 11) is 1.62. The van der Waals surface area contributed by atoms with Gasteiger partial charge in [0, 0.05) is 30.4 Å². The third kappa shape index (κ3) is 3.88. The minimum Gasteiger partial charge on any atom is -0.497 e. The molecule has 3 rings (SSSR count). The van der Waals surface area contributed by atoms with Crippen molar-refractivity contribution in [2.45, 2.75) is 25.8 Å². The fraction of sp³-hybridized carbons (Fsp3) is 0.350. The quantitative estimate of drug-likeness (QED) is 0.932. The van der Waals surface area contributed by atoms with E-state index in [4.69, 9.17) is 4.74 Å². The maximum absolute atomic E-state index is 12.6. The maximum atomic E-state index is 12.6. The monoisotopic (exact) mass is 324 g/mol. The maximum Gasteiger partial charge on any atom is 0.253 e. The standard InChI is InChI=1S/C20H24N2O2/c1-15-6-8-17(9-7-15)21-18-10-12-22(13-11-18)20(23)16-4-3-5-19(14-16)24-2/h3-9,14,18,21H,10-13H2,1-2H3. The number of likely N-dealkylation sites (tertiary alicyclic amines) is 1. The summed E-state index contributed by atoms with van der Waals surface area (Å²) in [6.45, 7) is 3.64. The summed E-state index contributed by atoms with van der Waals surface area (Å²) >= 11 is 0. The van der Waals surface area contributed by atoms with E-state index in [9.17, 15) is 4.79 Å². The number of benzene rings is 2. The molecule has 2 aromatic carbocycles. The number of carbonyl (C=O) groups is 1. The zero-order chi connectivity index (χ0) is 16.9. The van der Waals surface area contributed by atoms with Crippen molar-refractivity contribution in [2.75, 3.05) is 25.5 Å². The Bertz CT molecular complexity index is 689. The molecule has 4 heteroatoms. The highest BCUT2D eigenvalue weighted by Crippen LogP contribution is 2.20. The van der Waals surface area contributed by atoms with Gasteiger partial charge < -0.3 is 15.0 Å². The van der Waals surface area contributed by atoms with Gasteiger partial charge in [0.2, 0.25) is 0 Å². The van der Waals surface area contributed by atoms with E-state index in [-0.39, 0.29) is 5.91 Å². The lowest BCUT2D eigenvalue weighted by Gasteiger charge is -2.33. The second-order valence-electron chi connectivity index (χ2n) is 6.31. The molecule has 2 aromatic rings. The summed E-state index contributed by atoms with van der Waals surface area (Å²) in [6.07, 6.45) is 1.92. The Kier molecular flexibility index (Phi) is 5.04. The van der Waals surface area contributed by atoms with E-state index in [2.05, 4.69) is 36.5 Å². The molecule has 0 spiro atoms. The highest BCUT2D eigenvalue weighted by Gasteiger charge is 2.23. The third-order valence-corrected chi connectivity index (χ3v) is 4.52. The number of methoxy groups -OCH3 is 1. The molecule has 1 saturated heterocycles. The van der Waals surface area contributed by atoms with E-state index in [1.165, 1.54) is 5.56 Å². The van der Waals surface area contributed by atoms with E-state index < -0.39 is 0 Å². The highest BCUT2D eigenvalue weighted by molar-refractivity contribution is 5.94. The third-order valence-electron chi connectivity index (χ3n) is 4.52. The van der Waals surface area contributed by atoms with Crippen molar-refractivity contribution in [3.63, 3.8) is 0 Å². The van der Waals surface area contributed by atoms with Crippen LogP contribution in [0.5, 0.6) is 5.75 Å². The molecular weight excluding hydrogens is 300 g/mol. The molecule has 4 nitrogen and oxygen atoms in total. The number of carbonyl (C=O) groups excluding carboxylic acids is 1. The van der Waals surface area contributed by atoms with Gasteiger partial charge in [0.25, 0.3) is 5.91 Å². The number of nitrogens with one attached hydrogen (secondary N) is 1. The van der Waals surface area contributed by atoms with Crippen LogP contribution in [0.25, 0.3) is 0 Å². The molecule has 1 amide bonds. The summed E-state index contributed by atoms with van der Waals surface area (Å²) in [5, 5.41) is 3.57. The van der Waals surface area contributed by atoms with E-state index in [0.29, 0.717) is 11.6 Å². The van der Waals surface area contributed by atoms with Gasteiger partial charge in [0.05, 0.1) is 7.11 Å². The lowest BCUT2D eigenvalue weighted by atomic mass is 10.0. The number of hydrogen-bond acceptors (Lipinski definition) is 3. The van der Waals surface area contributed by atoms with Crippen LogP contribution in [0.1, 0.15) is 28.8 Å². The van der Waals surface area contributed by atoms with Crippen molar-refractivity contribution < 1.29 is 9.53 Å². The van der Waals surface area contributed by atoms with Gasteiger partial charge in [0.15, 0.2) is 0 Å². The lowest BCUT2D eigenvalue weighted by molar-refractivity contribution is 0.0718. The summed E-state index contributed by atoms with van der Waals surface area (Å²) in [4.78, 5) is 14.6. The molecule has 0 bridgehead atoms. The van der Waals surface area contributed by atoms with Crippen LogP contribution in [0.2, 0.25) is 0 Å². The number of nitrogens with zero attached hydrogens (tertiary/aromatic N) is 1. The van der Waals surface area contributed by atoms with Crippen molar-refractivity contribution >= 4 is 11.6 Å². The molecule has 1 aliphatic rings. The average molecular weight is 324 g/mol. The minimum absolute atomic E-state index is 0.0858. The number of ether oxygens (including phenoxy) is 1. The SMILES string of the molecule is COc1cccc(C(=O)N2CCC(Nc3ccc(C)cc3)CC2)c1. The first-order valence-corrected chi connectivity index (χ1v) is 8.42. The molecule has 1 aliphatic heterocycles. The van der Waals surface area contributed by atoms with Gasteiger partial charge in [-0.2, -0.15) is 0 Å². The number of aryl methyl sites for hydroxylation is 1. The molecular formula is C20H24N2O2. The predicted octanol–water partition coefficient (Wildman–Crippen LogP) is 3.72. The van der Waals surface area contributed by atoms with Gasteiger partial charge in [-0.1, -0.05) is 23.8 Å². The van der Waals surface area contributed by atoms with Crippen LogP contribution in [0.3, 0.4) is 0 Å². The van der Waals surface area contributed by atoms with Gasteiger partial charge in [-0.25, -0.2) is 0 Å². The van der Waals surface area contributed by atoms with Crippen LogP contribution in [-0.2, 0) is 0 Å². The highest BCUT2D eigenvalue weighted by atomic mass is 16.5. The van der Waals surface area contributed by atoms with E-state index in [1.54, 1.807) is 13.2 Å². The second-order valence-corrected chi connectivity index (χ2v) is 6.31. The number of piperidine rings is 1. The van der Waals surface area contributed by atoms with Crippen molar-refractivity contribution in [3.8, 4) is 5.75 Å².